The van der Waals surface area contributed by atoms with Gasteiger partial charge in [-0.1, -0.05) is 131 Å². The van der Waals surface area contributed by atoms with Crippen molar-refractivity contribution in [2.75, 3.05) is 0 Å². The summed E-state index contributed by atoms with van der Waals surface area (Å²) in [5.74, 6) is 0.644. The molecule has 2 aliphatic carbocycles. The van der Waals surface area contributed by atoms with Gasteiger partial charge in [0.05, 0.1) is 0 Å². The third kappa shape index (κ3) is 6.56. The number of phenolic OH excluding ortho intramolecular Hbond substituents is 2. The molecule has 0 spiro atoms. The fraction of sp³-hybridized carbons (Fsp3) is 0.351. The molecule has 2 nitrogen and oxygen atoms in total. The maximum atomic E-state index is 9.76. The van der Waals surface area contributed by atoms with Gasteiger partial charge in [-0.15, -0.1) is 0 Å². The van der Waals surface area contributed by atoms with Gasteiger partial charge in [-0.05, 0) is 76.9 Å². The molecule has 4 aromatic carbocycles. The average Bonchev–Trinajstić information content (AvgIpc) is 3.34. The maximum absolute atomic E-state index is 9.76. The standard InChI is InChI=1S/C24H32O2.C13H10/c25-22-14-10-20(11-15-22)24(21-12-16-23(26)17-13-21)18-8-6-4-2-1-3-5-7-9-19-24;1-3-7-12-10(5-1)9-11-6-2-4-8-13(11)12/h10-17,25-26H,1-9,18-19H2;1-8H,9H2. The van der Waals surface area contributed by atoms with E-state index in [9.17, 15) is 10.2 Å². The topological polar surface area (TPSA) is 40.5 Å². The predicted octanol–water partition coefficient (Wildman–Crippen LogP) is 9.95. The highest BCUT2D eigenvalue weighted by molar-refractivity contribution is 5.76. The first kappa shape index (κ1) is 27.1. The molecule has 0 bridgehead atoms. The number of benzene rings is 4. The summed E-state index contributed by atoms with van der Waals surface area (Å²) in [6, 6.07) is 32.9. The van der Waals surface area contributed by atoms with Gasteiger partial charge >= 0.3 is 0 Å². The van der Waals surface area contributed by atoms with Crippen molar-refractivity contribution in [1.82, 2.24) is 0 Å². The first-order valence-electron chi connectivity index (χ1n) is 14.9. The largest absolute Gasteiger partial charge is 0.508 e. The van der Waals surface area contributed by atoms with Gasteiger partial charge in [-0.3, -0.25) is 0 Å². The summed E-state index contributed by atoms with van der Waals surface area (Å²) in [4.78, 5) is 0. The van der Waals surface area contributed by atoms with E-state index in [4.69, 9.17) is 0 Å². The molecular weight excluding hydrogens is 476 g/mol. The molecule has 0 radical (unpaired) electrons. The Labute approximate surface area is 234 Å². The van der Waals surface area contributed by atoms with E-state index in [1.807, 2.05) is 24.3 Å². The highest BCUT2D eigenvalue weighted by Crippen LogP contribution is 2.43. The lowest BCUT2D eigenvalue weighted by atomic mass is 9.67. The second-order valence-corrected chi connectivity index (χ2v) is 11.3. The number of rotatable bonds is 2. The lowest BCUT2D eigenvalue weighted by Crippen LogP contribution is -2.28. The van der Waals surface area contributed by atoms with E-state index < -0.39 is 0 Å². The van der Waals surface area contributed by atoms with Crippen LogP contribution in [0.25, 0.3) is 11.1 Å². The van der Waals surface area contributed by atoms with E-state index >= 15 is 0 Å². The lowest BCUT2D eigenvalue weighted by molar-refractivity contribution is 0.381. The molecule has 0 aliphatic heterocycles. The summed E-state index contributed by atoms with van der Waals surface area (Å²) >= 11 is 0. The monoisotopic (exact) mass is 518 g/mol. The van der Waals surface area contributed by atoms with Crippen LogP contribution in [-0.2, 0) is 11.8 Å². The molecule has 202 valence electrons. The number of fused-ring (bicyclic) bond motifs is 3. The zero-order chi connectivity index (χ0) is 26.9. The summed E-state index contributed by atoms with van der Waals surface area (Å²) < 4.78 is 0. The molecule has 4 aromatic rings. The molecule has 6 rings (SSSR count). The van der Waals surface area contributed by atoms with Crippen LogP contribution in [0.4, 0.5) is 0 Å². The molecule has 2 heteroatoms. The second-order valence-electron chi connectivity index (χ2n) is 11.3. The third-order valence-corrected chi connectivity index (χ3v) is 8.75. The molecule has 1 saturated carbocycles. The van der Waals surface area contributed by atoms with E-state index in [0.29, 0.717) is 11.5 Å². The predicted molar refractivity (Wildman–Crippen MR) is 162 cm³/mol. The van der Waals surface area contributed by atoms with Crippen molar-refractivity contribution >= 4 is 0 Å². The van der Waals surface area contributed by atoms with Crippen molar-refractivity contribution in [3.8, 4) is 22.6 Å². The Morgan fingerprint density at radius 2 is 0.769 bits per heavy atom. The van der Waals surface area contributed by atoms with Gasteiger partial charge in [0.15, 0.2) is 0 Å². The molecule has 0 heterocycles. The lowest BCUT2D eigenvalue weighted by Gasteiger charge is -2.36. The molecule has 1 fully saturated rings. The first-order valence-corrected chi connectivity index (χ1v) is 14.9. The third-order valence-electron chi connectivity index (χ3n) is 8.75. The quantitative estimate of drug-likeness (QED) is 0.244. The number of aromatic hydroxyl groups is 2. The van der Waals surface area contributed by atoms with Gasteiger partial charge < -0.3 is 10.2 Å². The Morgan fingerprint density at radius 3 is 1.18 bits per heavy atom. The van der Waals surface area contributed by atoms with Crippen molar-refractivity contribution in [3.63, 3.8) is 0 Å². The minimum Gasteiger partial charge on any atom is -0.508 e. The molecule has 2 aliphatic rings. The van der Waals surface area contributed by atoms with Crippen LogP contribution in [0.5, 0.6) is 11.5 Å². The molecular formula is C37H42O2. The average molecular weight is 519 g/mol. The molecule has 2 N–H and O–H groups in total. The van der Waals surface area contributed by atoms with Gasteiger partial charge in [0.1, 0.15) is 11.5 Å². The van der Waals surface area contributed by atoms with Crippen molar-refractivity contribution in [1.29, 1.82) is 0 Å². The fourth-order valence-electron chi connectivity index (χ4n) is 6.60. The zero-order valence-corrected chi connectivity index (χ0v) is 23.1. The summed E-state index contributed by atoms with van der Waals surface area (Å²) in [7, 11) is 0. The summed E-state index contributed by atoms with van der Waals surface area (Å²) in [6.45, 7) is 0. The van der Waals surface area contributed by atoms with E-state index in [0.717, 1.165) is 19.3 Å². The van der Waals surface area contributed by atoms with Crippen LogP contribution in [0.2, 0.25) is 0 Å². The first-order chi connectivity index (χ1) is 19.2. The van der Waals surface area contributed by atoms with Gasteiger partial charge in [-0.25, -0.2) is 0 Å². The fourth-order valence-corrected chi connectivity index (χ4v) is 6.60. The van der Waals surface area contributed by atoms with Crippen molar-refractivity contribution in [2.45, 2.75) is 82.5 Å². The van der Waals surface area contributed by atoms with Gasteiger partial charge in [-0.2, -0.15) is 0 Å². The molecule has 0 aromatic heterocycles. The molecule has 0 atom stereocenters. The molecule has 39 heavy (non-hydrogen) atoms. The summed E-state index contributed by atoms with van der Waals surface area (Å²) in [5.41, 5.74) is 8.31. The Morgan fingerprint density at radius 1 is 0.410 bits per heavy atom. The van der Waals surface area contributed by atoms with Crippen molar-refractivity contribution < 1.29 is 10.2 Å². The smallest absolute Gasteiger partial charge is 0.115 e. The Balaban J connectivity index is 0.000000196. The SMILES string of the molecule is Oc1ccc(C2(c3ccc(O)cc3)CCCCCCCCCCC2)cc1.c1ccc2c(c1)Cc1ccccc1-2. The highest BCUT2D eigenvalue weighted by Gasteiger charge is 2.33. The van der Waals surface area contributed by atoms with Crippen LogP contribution >= 0.6 is 0 Å². The molecule has 0 saturated heterocycles. The van der Waals surface area contributed by atoms with Crippen LogP contribution in [-0.4, -0.2) is 10.2 Å². The van der Waals surface area contributed by atoms with Gasteiger partial charge in [0.25, 0.3) is 0 Å². The number of phenols is 2. The second kappa shape index (κ2) is 13.0. The van der Waals surface area contributed by atoms with Crippen molar-refractivity contribution in [3.05, 3.63) is 119 Å². The normalized spacial score (nSPS) is 16.9. The van der Waals surface area contributed by atoms with Crippen LogP contribution in [0.3, 0.4) is 0 Å². The minimum absolute atomic E-state index is 0.0272. The van der Waals surface area contributed by atoms with Crippen LogP contribution < -0.4 is 0 Å². The number of hydrogen-bond donors (Lipinski definition) is 2. The van der Waals surface area contributed by atoms with E-state index in [-0.39, 0.29) is 5.41 Å². The van der Waals surface area contributed by atoms with Crippen LogP contribution in [0, 0.1) is 0 Å². The Hall–Kier alpha value is -3.52. The summed E-state index contributed by atoms with van der Waals surface area (Å²) in [6.07, 6.45) is 15.2. The number of hydrogen-bond acceptors (Lipinski definition) is 2. The maximum Gasteiger partial charge on any atom is 0.115 e. The van der Waals surface area contributed by atoms with E-state index in [1.165, 1.54) is 91.2 Å². The van der Waals surface area contributed by atoms with E-state index in [1.54, 1.807) is 0 Å². The summed E-state index contributed by atoms with van der Waals surface area (Å²) in [5, 5.41) is 19.5. The van der Waals surface area contributed by atoms with E-state index in [2.05, 4.69) is 72.8 Å². The Bertz CT molecular complexity index is 1220. The van der Waals surface area contributed by atoms with Gasteiger partial charge in [0.2, 0.25) is 0 Å². The van der Waals surface area contributed by atoms with Gasteiger partial charge in [0, 0.05) is 5.41 Å². The van der Waals surface area contributed by atoms with Crippen LogP contribution in [0.15, 0.2) is 97.1 Å². The molecule has 0 amide bonds. The highest BCUT2D eigenvalue weighted by atomic mass is 16.3. The van der Waals surface area contributed by atoms with Crippen LogP contribution in [0.1, 0.15) is 92.9 Å². The van der Waals surface area contributed by atoms with Crippen molar-refractivity contribution in [2.24, 2.45) is 0 Å². The molecule has 0 unspecified atom stereocenters. The minimum atomic E-state index is -0.0272. The zero-order valence-electron chi connectivity index (χ0n) is 23.1. The Kier molecular flexibility index (Phi) is 9.04.